The molecule has 0 spiro atoms. The zero-order valence-corrected chi connectivity index (χ0v) is 11.4. The molecular formula is C11H16ClN5O2. The molecule has 0 radical (unpaired) electrons. The SMILES string of the molecule is CCn1cnc2nc(Cl)nc(NCCOCCO)c21. The van der Waals surface area contributed by atoms with Crippen molar-refractivity contribution in [3.63, 3.8) is 0 Å². The standard InChI is InChI=1S/C11H16ClN5O2/c1-2-17-7-14-10-8(17)9(15-11(12)16-10)13-3-5-19-6-4-18/h7,18H,2-6H2,1H3,(H,13,15,16). The molecular weight excluding hydrogens is 270 g/mol. The third kappa shape index (κ3) is 3.31. The lowest BCUT2D eigenvalue weighted by Crippen LogP contribution is -2.13. The lowest BCUT2D eigenvalue weighted by atomic mass is 10.4. The van der Waals surface area contributed by atoms with Crippen LogP contribution in [0.2, 0.25) is 5.28 Å². The number of nitrogens with zero attached hydrogens (tertiary/aromatic N) is 4. The first-order chi connectivity index (χ1) is 9.26. The normalized spacial score (nSPS) is 11.1. The summed E-state index contributed by atoms with van der Waals surface area (Å²) in [5, 5.41) is 11.9. The summed E-state index contributed by atoms with van der Waals surface area (Å²) in [7, 11) is 0. The van der Waals surface area contributed by atoms with Crippen LogP contribution in [0.5, 0.6) is 0 Å². The van der Waals surface area contributed by atoms with Gasteiger partial charge in [-0.25, -0.2) is 4.98 Å². The van der Waals surface area contributed by atoms with Crippen LogP contribution in [0.25, 0.3) is 11.2 Å². The minimum Gasteiger partial charge on any atom is -0.394 e. The highest BCUT2D eigenvalue weighted by atomic mass is 35.5. The number of aliphatic hydroxyl groups is 1. The lowest BCUT2D eigenvalue weighted by Gasteiger charge is -2.09. The van der Waals surface area contributed by atoms with Crippen LogP contribution in [0.15, 0.2) is 6.33 Å². The van der Waals surface area contributed by atoms with Crippen LogP contribution in [0.4, 0.5) is 5.82 Å². The van der Waals surface area contributed by atoms with Crippen molar-refractivity contribution in [2.24, 2.45) is 0 Å². The van der Waals surface area contributed by atoms with Gasteiger partial charge in [-0.3, -0.25) is 0 Å². The highest BCUT2D eigenvalue weighted by molar-refractivity contribution is 6.28. The van der Waals surface area contributed by atoms with Gasteiger partial charge in [-0.05, 0) is 18.5 Å². The number of hydrogen-bond donors (Lipinski definition) is 2. The van der Waals surface area contributed by atoms with E-state index in [1.165, 1.54) is 0 Å². The number of nitrogens with one attached hydrogen (secondary N) is 1. The van der Waals surface area contributed by atoms with Gasteiger partial charge < -0.3 is 19.7 Å². The molecule has 7 nitrogen and oxygen atoms in total. The molecule has 0 aliphatic carbocycles. The molecule has 2 rings (SSSR count). The molecule has 0 aromatic carbocycles. The Hall–Kier alpha value is -1.44. The predicted molar refractivity (Wildman–Crippen MR) is 72.4 cm³/mol. The van der Waals surface area contributed by atoms with E-state index < -0.39 is 0 Å². The van der Waals surface area contributed by atoms with Crippen molar-refractivity contribution >= 4 is 28.6 Å². The van der Waals surface area contributed by atoms with Crippen molar-refractivity contribution in [2.75, 3.05) is 31.7 Å². The van der Waals surface area contributed by atoms with Gasteiger partial charge in [0.2, 0.25) is 5.28 Å². The number of aromatic nitrogens is 4. The lowest BCUT2D eigenvalue weighted by molar-refractivity contribution is 0.0992. The zero-order chi connectivity index (χ0) is 13.7. The second-order valence-electron chi connectivity index (χ2n) is 3.81. The topological polar surface area (TPSA) is 85.1 Å². The first kappa shape index (κ1) is 14.0. The third-order valence-corrected chi connectivity index (χ3v) is 2.73. The molecule has 2 N–H and O–H groups in total. The van der Waals surface area contributed by atoms with E-state index in [0.29, 0.717) is 31.2 Å². The van der Waals surface area contributed by atoms with Gasteiger partial charge in [0, 0.05) is 13.1 Å². The molecule has 0 fully saturated rings. The summed E-state index contributed by atoms with van der Waals surface area (Å²) < 4.78 is 7.12. The molecule has 0 saturated carbocycles. The van der Waals surface area contributed by atoms with Gasteiger partial charge in [0.05, 0.1) is 26.1 Å². The Kier molecular flexibility index (Phi) is 4.89. The molecule has 0 amide bonds. The molecule has 0 aliphatic rings. The highest BCUT2D eigenvalue weighted by Gasteiger charge is 2.11. The summed E-state index contributed by atoms with van der Waals surface area (Å²) in [6, 6.07) is 0. The molecule has 0 saturated heterocycles. The van der Waals surface area contributed by atoms with Crippen molar-refractivity contribution in [3.05, 3.63) is 11.6 Å². The maximum atomic E-state index is 8.61. The molecule has 104 valence electrons. The quantitative estimate of drug-likeness (QED) is 0.581. The Labute approximate surface area is 115 Å². The summed E-state index contributed by atoms with van der Waals surface area (Å²) in [6.07, 6.45) is 1.71. The van der Waals surface area contributed by atoms with Crippen LogP contribution < -0.4 is 5.32 Å². The average Bonchev–Trinajstić information content (AvgIpc) is 2.81. The summed E-state index contributed by atoms with van der Waals surface area (Å²) in [5.74, 6) is 0.641. The van der Waals surface area contributed by atoms with Crippen LogP contribution in [-0.4, -0.2) is 51.0 Å². The Morgan fingerprint density at radius 3 is 3.00 bits per heavy atom. The first-order valence-corrected chi connectivity index (χ1v) is 6.45. The number of aryl methyl sites for hydroxylation is 1. The van der Waals surface area contributed by atoms with Gasteiger partial charge in [0.15, 0.2) is 11.5 Å². The number of ether oxygens (including phenoxy) is 1. The maximum absolute atomic E-state index is 8.61. The number of imidazole rings is 1. The van der Waals surface area contributed by atoms with E-state index in [-0.39, 0.29) is 11.9 Å². The fourth-order valence-corrected chi connectivity index (χ4v) is 1.89. The van der Waals surface area contributed by atoms with Crippen molar-refractivity contribution in [1.82, 2.24) is 19.5 Å². The van der Waals surface area contributed by atoms with Crippen molar-refractivity contribution in [2.45, 2.75) is 13.5 Å². The van der Waals surface area contributed by atoms with Crippen molar-refractivity contribution in [3.8, 4) is 0 Å². The molecule has 2 aromatic rings. The van der Waals surface area contributed by atoms with Gasteiger partial charge in [-0.2, -0.15) is 9.97 Å². The summed E-state index contributed by atoms with van der Waals surface area (Å²) in [4.78, 5) is 12.4. The Balaban J connectivity index is 2.14. The molecule has 19 heavy (non-hydrogen) atoms. The van der Waals surface area contributed by atoms with Gasteiger partial charge in [-0.1, -0.05) is 0 Å². The zero-order valence-electron chi connectivity index (χ0n) is 10.6. The smallest absolute Gasteiger partial charge is 0.226 e. The Morgan fingerprint density at radius 2 is 2.26 bits per heavy atom. The van der Waals surface area contributed by atoms with Gasteiger partial charge >= 0.3 is 0 Å². The second kappa shape index (κ2) is 6.65. The van der Waals surface area contributed by atoms with Crippen LogP contribution in [0.1, 0.15) is 6.92 Å². The monoisotopic (exact) mass is 285 g/mol. The molecule has 0 bridgehead atoms. The molecule has 0 aliphatic heterocycles. The Morgan fingerprint density at radius 1 is 1.42 bits per heavy atom. The van der Waals surface area contributed by atoms with Crippen LogP contribution in [0, 0.1) is 0 Å². The summed E-state index contributed by atoms with van der Waals surface area (Å²) >= 11 is 5.86. The van der Waals surface area contributed by atoms with Crippen LogP contribution in [0.3, 0.4) is 0 Å². The van der Waals surface area contributed by atoms with E-state index in [4.69, 9.17) is 21.4 Å². The van der Waals surface area contributed by atoms with Crippen molar-refractivity contribution < 1.29 is 9.84 Å². The predicted octanol–water partition coefficient (Wildman–Crippen LogP) is 0.920. The highest BCUT2D eigenvalue weighted by Crippen LogP contribution is 2.21. The van der Waals surface area contributed by atoms with E-state index in [9.17, 15) is 0 Å². The van der Waals surface area contributed by atoms with Gasteiger partial charge in [-0.15, -0.1) is 0 Å². The van der Waals surface area contributed by atoms with Gasteiger partial charge in [0.25, 0.3) is 0 Å². The van der Waals surface area contributed by atoms with Gasteiger partial charge in [0.1, 0.15) is 5.52 Å². The molecule has 0 atom stereocenters. The fraction of sp³-hybridized carbons (Fsp3) is 0.545. The molecule has 2 heterocycles. The van der Waals surface area contributed by atoms with E-state index in [1.54, 1.807) is 6.33 Å². The van der Waals surface area contributed by atoms with Crippen LogP contribution in [-0.2, 0) is 11.3 Å². The van der Waals surface area contributed by atoms with E-state index in [1.807, 2.05) is 11.5 Å². The van der Waals surface area contributed by atoms with E-state index in [0.717, 1.165) is 12.1 Å². The molecule has 0 unspecified atom stereocenters. The Bertz CT molecular complexity index is 545. The number of aliphatic hydroxyl groups excluding tert-OH is 1. The largest absolute Gasteiger partial charge is 0.394 e. The minimum atomic E-state index is 0.0200. The number of halogens is 1. The van der Waals surface area contributed by atoms with Crippen LogP contribution >= 0.6 is 11.6 Å². The van der Waals surface area contributed by atoms with Crippen molar-refractivity contribution in [1.29, 1.82) is 0 Å². The molecule has 2 aromatic heterocycles. The number of fused-ring (bicyclic) bond motifs is 1. The number of anilines is 1. The van der Waals surface area contributed by atoms with E-state index in [2.05, 4.69) is 20.3 Å². The average molecular weight is 286 g/mol. The molecule has 8 heteroatoms. The summed E-state index contributed by atoms with van der Waals surface area (Å²) in [6.45, 7) is 4.18. The number of hydrogen-bond acceptors (Lipinski definition) is 6. The second-order valence-corrected chi connectivity index (χ2v) is 4.14. The maximum Gasteiger partial charge on any atom is 0.226 e. The van der Waals surface area contributed by atoms with E-state index >= 15 is 0 Å². The fourth-order valence-electron chi connectivity index (χ4n) is 1.72. The summed E-state index contributed by atoms with van der Waals surface area (Å²) in [5.41, 5.74) is 1.40. The minimum absolute atomic E-state index is 0.0200. The third-order valence-electron chi connectivity index (χ3n) is 2.56. The number of rotatable bonds is 7. The first-order valence-electron chi connectivity index (χ1n) is 6.07.